The van der Waals surface area contributed by atoms with E-state index in [4.69, 9.17) is 11.6 Å². The molecule has 0 aliphatic heterocycles. The molecule has 2 N–H and O–H groups in total. The molecule has 7 nitrogen and oxygen atoms in total. The number of rotatable bonds is 9. The van der Waals surface area contributed by atoms with Gasteiger partial charge in [0.05, 0.1) is 27.8 Å². The largest absolute Gasteiger partial charge is 0.385 e. The quantitative estimate of drug-likeness (QED) is 0.255. The number of likely N-dealkylation sites (N-methyl/N-ethyl adjacent to an activating group) is 1. The summed E-state index contributed by atoms with van der Waals surface area (Å²) >= 11 is 7.38. The fraction of sp³-hybridized carbons (Fsp3) is 0.258. The molecule has 0 saturated heterocycles. The molecule has 0 bridgehead atoms. The van der Waals surface area contributed by atoms with Crippen LogP contribution in [-0.2, 0) is 31.4 Å². The third-order valence-corrected chi connectivity index (χ3v) is 8.54. The Morgan fingerprint density at radius 3 is 2.67 bits per heavy atom. The fourth-order valence-corrected chi connectivity index (χ4v) is 6.44. The Bertz CT molecular complexity index is 1750. The number of fused-ring (bicyclic) bond motifs is 2. The third-order valence-electron chi connectivity index (χ3n) is 7.03. The number of benzene rings is 2. The second-order valence-corrected chi connectivity index (χ2v) is 11.7. The summed E-state index contributed by atoms with van der Waals surface area (Å²) in [5.41, 5.74) is 4.67. The zero-order valence-corrected chi connectivity index (χ0v) is 24.2. The van der Waals surface area contributed by atoms with E-state index in [2.05, 4.69) is 10.3 Å². The highest BCUT2D eigenvalue weighted by Gasteiger charge is 2.20. The number of carbonyl (C=O) groups is 1. The highest BCUT2D eigenvalue weighted by atomic mass is 35.5. The second-order valence-electron chi connectivity index (χ2n) is 10.1. The van der Waals surface area contributed by atoms with E-state index in [1.807, 2.05) is 79.0 Å². The predicted octanol–water partition coefficient (Wildman–Crippen LogP) is 5.13. The monoisotopic (exact) mass is 574 g/mol. The lowest BCUT2D eigenvalue weighted by Crippen LogP contribution is -2.27. The zero-order chi connectivity index (χ0) is 28.4. The van der Waals surface area contributed by atoms with E-state index >= 15 is 0 Å². The normalized spacial score (nSPS) is 12.3. The van der Waals surface area contributed by atoms with Crippen LogP contribution in [-0.4, -0.2) is 39.1 Å². The Hall–Kier alpha value is -3.56. The molecule has 3 aromatic heterocycles. The summed E-state index contributed by atoms with van der Waals surface area (Å²) in [5, 5.41) is 15.4. The summed E-state index contributed by atoms with van der Waals surface area (Å²) in [5.74, 6) is -0.212. The third kappa shape index (κ3) is 6.10. The number of para-hydroxylation sites is 1. The van der Waals surface area contributed by atoms with Gasteiger partial charge in [-0.3, -0.25) is 19.5 Å². The number of amides is 1. The van der Waals surface area contributed by atoms with Gasteiger partial charge in [-0.15, -0.1) is 11.3 Å². The molecule has 0 spiro atoms. The van der Waals surface area contributed by atoms with Gasteiger partial charge in [0.2, 0.25) is 11.3 Å². The van der Waals surface area contributed by atoms with E-state index in [1.165, 1.54) is 11.3 Å². The number of nitrogens with zero attached hydrogens (tertiary/aromatic N) is 3. The van der Waals surface area contributed by atoms with E-state index in [0.717, 1.165) is 32.4 Å². The SMILES string of the molecule is Cc1c(CN(C)CC(O)c2ccc3ccccc3n2)sc2c(=O)c(CC(=O)NCc3ccc(Cl)cc3)cn(C)c12. The van der Waals surface area contributed by atoms with Crippen molar-refractivity contribution in [3.63, 3.8) is 0 Å². The number of aryl methyl sites for hydroxylation is 2. The molecule has 0 saturated carbocycles. The Labute approximate surface area is 241 Å². The topological polar surface area (TPSA) is 87.5 Å². The van der Waals surface area contributed by atoms with Crippen LogP contribution < -0.4 is 10.7 Å². The number of thiophene rings is 1. The molecule has 1 atom stereocenters. The first-order valence-corrected chi connectivity index (χ1v) is 14.2. The number of aliphatic hydroxyl groups is 1. The van der Waals surface area contributed by atoms with Crippen molar-refractivity contribution >= 4 is 50.0 Å². The van der Waals surface area contributed by atoms with Gasteiger partial charge in [-0.25, -0.2) is 0 Å². The molecule has 0 radical (unpaired) electrons. The Balaban J connectivity index is 1.28. The molecule has 9 heteroatoms. The lowest BCUT2D eigenvalue weighted by molar-refractivity contribution is -0.120. The van der Waals surface area contributed by atoms with Gasteiger partial charge in [0.25, 0.3) is 0 Å². The van der Waals surface area contributed by atoms with Crippen LogP contribution in [0.15, 0.2) is 71.7 Å². The highest BCUT2D eigenvalue weighted by molar-refractivity contribution is 7.19. The van der Waals surface area contributed by atoms with Crippen molar-refractivity contribution in [2.75, 3.05) is 13.6 Å². The molecule has 0 fully saturated rings. The minimum Gasteiger partial charge on any atom is -0.385 e. The van der Waals surface area contributed by atoms with Crippen LogP contribution in [0.4, 0.5) is 0 Å². The number of hydrogen-bond acceptors (Lipinski definition) is 6. The number of aromatic nitrogens is 2. The van der Waals surface area contributed by atoms with E-state index < -0.39 is 6.10 Å². The molecule has 3 heterocycles. The van der Waals surface area contributed by atoms with Crippen LogP contribution in [0.1, 0.15) is 33.4 Å². The molecule has 5 aromatic rings. The molecular weight excluding hydrogens is 544 g/mol. The molecule has 40 heavy (non-hydrogen) atoms. The maximum Gasteiger partial charge on any atom is 0.224 e. The highest BCUT2D eigenvalue weighted by Crippen LogP contribution is 2.30. The lowest BCUT2D eigenvalue weighted by Gasteiger charge is -2.20. The molecule has 1 unspecified atom stereocenters. The summed E-state index contributed by atoms with van der Waals surface area (Å²) in [6.07, 6.45) is 1.02. The molecule has 5 rings (SSSR count). The number of halogens is 1. The summed E-state index contributed by atoms with van der Waals surface area (Å²) in [7, 11) is 3.85. The first-order valence-electron chi connectivity index (χ1n) is 13.0. The van der Waals surface area contributed by atoms with Crippen molar-refractivity contribution in [1.82, 2.24) is 19.8 Å². The van der Waals surface area contributed by atoms with Crippen molar-refractivity contribution < 1.29 is 9.90 Å². The minimum absolute atomic E-state index is 0.00728. The van der Waals surface area contributed by atoms with Crippen LogP contribution in [0, 0.1) is 6.92 Å². The number of pyridine rings is 2. The number of aliphatic hydroxyl groups excluding tert-OH is 1. The van der Waals surface area contributed by atoms with Gasteiger partial charge in [-0.2, -0.15) is 0 Å². The smallest absolute Gasteiger partial charge is 0.224 e. The van der Waals surface area contributed by atoms with Gasteiger partial charge in [-0.1, -0.05) is 48.0 Å². The first-order chi connectivity index (χ1) is 19.2. The second kappa shape index (κ2) is 11.9. The van der Waals surface area contributed by atoms with Crippen molar-refractivity contribution in [1.29, 1.82) is 0 Å². The van der Waals surface area contributed by atoms with E-state index in [-0.39, 0.29) is 17.8 Å². The first kappa shape index (κ1) is 28.0. The summed E-state index contributed by atoms with van der Waals surface area (Å²) in [4.78, 5) is 33.7. The maximum absolute atomic E-state index is 13.4. The van der Waals surface area contributed by atoms with Crippen molar-refractivity contribution in [2.45, 2.75) is 32.5 Å². The van der Waals surface area contributed by atoms with E-state index in [1.54, 1.807) is 18.3 Å². The van der Waals surface area contributed by atoms with E-state index in [0.29, 0.717) is 40.6 Å². The zero-order valence-electron chi connectivity index (χ0n) is 22.6. The average Bonchev–Trinajstić information content (AvgIpc) is 3.27. The van der Waals surface area contributed by atoms with Gasteiger partial charge >= 0.3 is 0 Å². The molecule has 0 aliphatic rings. The summed E-state index contributed by atoms with van der Waals surface area (Å²) in [6, 6.07) is 19.0. The van der Waals surface area contributed by atoms with Crippen LogP contribution in [0.25, 0.3) is 21.1 Å². The van der Waals surface area contributed by atoms with Gasteiger partial charge in [0.1, 0.15) is 6.10 Å². The van der Waals surface area contributed by atoms with Gasteiger partial charge in [0, 0.05) is 53.7 Å². The van der Waals surface area contributed by atoms with Crippen LogP contribution in [0.5, 0.6) is 0 Å². The summed E-state index contributed by atoms with van der Waals surface area (Å²) < 4.78 is 2.57. The van der Waals surface area contributed by atoms with Gasteiger partial charge < -0.3 is 15.0 Å². The van der Waals surface area contributed by atoms with Gasteiger partial charge in [-0.05, 0) is 49.4 Å². The van der Waals surface area contributed by atoms with Gasteiger partial charge in [0.15, 0.2) is 0 Å². The molecule has 0 aliphatic carbocycles. The van der Waals surface area contributed by atoms with Crippen LogP contribution >= 0.6 is 22.9 Å². The average molecular weight is 575 g/mol. The van der Waals surface area contributed by atoms with Crippen molar-refractivity contribution in [3.8, 4) is 0 Å². The predicted molar refractivity (Wildman–Crippen MR) is 162 cm³/mol. The fourth-order valence-electron chi connectivity index (χ4n) is 4.91. The Morgan fingerprint density at radius 1 is 1.15 bits per heavy atom. The number of carbonyl (C=O) groups excluding carboxylic acids is 1. The lowest BCUT2D eigenvalue weighted by atomic mass is 10.1. The molecule has 1 amide bonds. The number of hydrogen-bond donors (Lipinski definition) is 2. The Kier molecular flexibility index (Phi) is 8.32. The molecule has 206 valence electrons. The maximum atomic E-state index is 13.4. The minimum atomic E-state index is -0.742. The summed E-state index contributed by atoms with van der Waals surface area (Å²) in [6.45, 7) is 3.36. The van der Waals surface area contributed by atoms with Crippen molar-refractivity contribution in [3.05, 3.63) is 109 Å². The van der Waals surface area contributed by atoms with Crippen LogP contribution in [0.2, 0.25) is 5.02 Å². The van der Waals surface area contributed by atoms with E-state index in [9.17, 15) is 14.7 Å². The molecular formula is C31H31ClN4O3S. The standard InChI is InChI=1S/C31H31ClN4O3S/c1-19-27(18-35(2)17-26(37)25-13-10-21-6-4-5-7-24(21)34-25)40-31-29(19)36(3)16-22(30(31)39)14-28(38)33-15-20-8-11-23(32)12-9-20/h4-13,16,26,37H,14-15,17-18H2,1-3H3,(H,33,38). The Morgan fingerprint density at radius 2 is 1.90 bits per heavy atom. The number of nitrogens with one attached hydrogen (secondary N) is 1. The van der Waals surface area contributed by atoms with Crippen LogP contribution in [0.3, 0.4) is 0 Å². The van der Waals surface area contributed by atoms with Crippen molar-refractivity contribution in [2.24, 2.45) is 7.05 Å². The molecule has 2 aromatic carbocycles.